The van der Waals surface area contributed by atoms with Crippen LogP contribution in [-0.4, -0.2) is 4.98 Å². The van der Waals surface area contributed by atoms with Gasteiger partial charge in [-0.15, -0.1) is 0 Å². The van der Waals surface area contributed by atoms with Crippen LogP contribution in [0.15, 0.2) is 192 Å². The summed E-state index contributed by atoms with van der Waals surface area (Å²) in [5.74, 6) is 0. The lowest BCUT2D eigenvalue weighted by atomic mass is 9.95. The van der Waals surface area contributed by atoms with Crippen molar-refractivity contribution in [2.24, 2.45) is 0 Å². The fourth-order valence-electron chi connectivity index (χ4n) is 8.25. The van der Waals surface area contributed by atoms with Crippen LogP contribution in [0.4, 0.5) is 0 Å². The normalized spacial score (nSPS) is 11.8. The lowest BCUT2D eigenvalue weighted by Gasteiger charge is -2.12. The van der Waals surface area contributed by atoms with Gasteiger partial charge in [-0.1, -0.05) is 146 Å². The van der Waals surface area contributed by atoms with Gasteiger partial charge in [0.1, 0.15) is 11.2 Å². The van der Waals surface area contributed by atoms with Gasteiger partial charge in [0.15, 0.2) is 0 Å². The summed E-state index contributed by atoms with van der Waals surface area (Å²) in [6.45, 7) is 0. The number of nitrogens with zero attached hydrogens (tertiary/aromatic N) is 1. The largest absolute Gasteiger partial charge is 0.455 e. The van der Waals surface area contributed by atoms with E-state index in [2.05, 4.69) is 188 Å². The Kier molecular flexibility index (Phi) is 6.59. The average molecular weight is 674 g/mol. The molecule has 10 aromatic rings. The lowest BCUT2D eigenvalue weighted by molar-refractivity contribution is 0.670. The van der Waals surface area contributed by atoms with Crippen molar-refractivity contribution in [2.45, 2.75) is 0 Å². The highest BCUT2D eigenvalue weighted by Gasteiger charge is 2.26. The van der Waals surface area contributed by atoms with Crippen LogP contribution in [0.1, 0.15) is 0 Å². The van der Waals surface area contributed by atoms with Crippen molar-refractivity contribution in [3.63, 3.8) is 0 Å². The third kappa shape index (κ3) is 4.84. The summed E-state index contributed by atoms with van der Waals surface area (Å²) in [5.41, 5.74) is 17.7. The maximum Gasteiger partial charge on any atom is 0.143 e. The number of hydrogen-bond acceptors (Lipinski definition) is 2. The second-order valence-corrected chi connectivity index (χ2v) is 13.9. The van der Waals surface area contributed by atoms with Crippen LogP contribution >= 0.6 is 0 Å². The Morgan fingerprint density at radius 2 is 0.887 bits per heavy atom. The number of furan rings is 1. The number of pyridine rings is 1. The van der Waals surface area contributed by atoms with Gasteiger partial charge in [-0.25, -0.2) is 4.98 Å². The van der Waals surface area contributed by atoms with Crippen LogP contribution < -0.4 is 0 Å². The number of rotatable bonds is 5. The maximum atomic E-state index is 6.87. The first-order chi connectivity index (χ1) is 26.2. The van der Waals surface area contributed by atoms with Crippen molar-refractivity contribution in [2.75, 3.05) is 0 Å². The van der Waals surface area contributed by atoms with E-state index in [1.807, 2.05) is 0 Å². The standard InChI is InChI=1S/C51H31NO/c1-3-12-32(13-4-1)34-16-9-18-36(26-34)40-29-46(37-19-10-17-35(27-37)33-14-5-2-6-15-33)52-47(30-40)38-24-25-42-45-28-39-20-11-23-43-41-21-7-8-22-44(41)50(49(39)43)51(45)53-48(42)31-38/h1-31H. The van der Waals surface area contributed by atoms with Gasteiger partial charge >= 0.3 is 0 Å². The van der Waals surface area contributed by atoms with Gasteiger partial charge in [0.05, 0.1) is 11.4 Å². The summed E-state index contributed by atoms with van der Waals surface area (Å²) < 4.78 is 6.87. The Morgan fingerprint density at radius 3 is 1.60 bits per heavy atom. The molecule has 0 saturated heterocycles. The summed E-state index contributed by atoms with van der Waals surface area (Å²) in [7, 11) is 0. The Hall–Kier alpha value is -7.03. The summed E-state index contributed by atoms with van der Waals surface area (Å²) in [5, 5.41) is 4.76. The van der Waals surface area contributed by atoms with E-state index in [0.29, 0.717) is 0 Å². The van der Waals surface area contributed by atoms with Crippen LogP contribution in [0, 0.1) is 0 Å². The van der Waals surface area contributed by atoms with E-state index in [0.717, 1.165) is 61.1 Å². The van der Waals surface area contributed by atoms with Gasteiger partial charge in [0, 0.05) is 32.8 Å². The molecule has 246 valence electrons. The molecule has 0 spiro atoms. The Balaban J connectivity index is 1.10. The van der Waals surface area contributed by atoms with Crippen molar-refractivity contribution < 1.29 is 4.42 Å². The third-order valence-electron chi connectivity index (χ3n) is 10.8. The molecule has 11 rings (SSSR count). The predicted octanol–water partition coefficient (Wildman–Crippen LogP) is 14.1. The first-order valence-corrected chi connectivity index (χ1v) is 18.1. The molecule has 1 aliphatic rings. The van der Waals surface area contributed by atoms with Crippen LogP contribution in [-0.2, 0) is 0 Å². The SMILES string of the molecule is c1ccc(-c2cccc(-c3cc(-c4cccc(-c5ccccc5)c4)nc(-c4ccc5c(c4)oc4c6c7c(cccc7cc45)-c4ccccc4-6)c3)c2)cc1. The molecule has 8 aromatic carbocycles. The van der Waals surface area contributed by atoms with Gasteiger partial charge in [-0.3, -0.25) is 0 Å². The number of fused-ring (bicyclic) bond motifs is 7. The zero-order valence-electron chi connectivity index (χ0n) is 28.8. The molecule has 2 heterocycles. The van der Waals surface area contributed by atoms with E-state index in [1.165, 1.54) is 49.7 Å². The van der Waals surface area contributed by atoms with E-state index >= 15 is 0 Å². The Bertz CT molecular complexity index is 2940. The van der Waals surface area contributed by atoms with Gasteiger partial charge in [-0.2, -0.15) is 0 Å². The van der Waals surface area contributed by atoms with Crippen molar-refractivity contribution in [3.05, 3.63) is 188 Å². The van der Waals surface area contributed by atoms with E-state index in [1.54, 1.807) is 0 Å². The molecule has 1 aliphatic carbocycles. The molecular weight excluding hydrogens is 643 g/mol. The number of aromatic nitrogens is 1. The minimum atomic E-state index is 0.862. The monoisotopic (exact) mass is 673 g/mol. The summed E-state index contributed by atoms with van der Waals surface area (Å²) in [4.78, 5) is 5.35. The van der Waals surface area contributed by atoms with Crippen LogP contribution in [0.2, 0.25) is 0 Å². The molecular formula is C51H31NO. The molecule has 0 radical (unpaired) electrons. The quantitative estimate of drug-likeness (QED) is 0.182. The van der Waals surface area contributed by atoms with Crippen molar-refractivity contribution >= 4 is 32.7 Å². The lowest BCUT2D eigenvalue weighted by Crippen LogP contribution is -1.92. The summed E-state index contributed by atoms with van der Waals surface area (Å²) in [6, 6.07) is 67.2. The van der Waals surface area contributed by atoms with Crippen LogP contribution in [0.25, 0.3) is 111 Å². The molecule has 0 bridgehead atoms. The molecule has 53 heavy (non-hydrogen) atoms. The maximum absolute atomic E-state index is 6.87. The van der Waals surface area contributed by atoms with Crippen molar-refractivity contribution in [1.29, 1.82) is 0 Å². The minimum Gasteiger partial charge on any atom is -0.455 e. The van der Waals surface area contributed by atoms with Crippen LogP contribution in [0.3, 0.4) is 0 Å². The van der Waals surface area contributed by atoms with E-state index in [4.69, 9.17) is 9.40 Å². The summed E-state index contributed by atoms with van der Waals surface area (Å²) >= 11 is 0. The second kappa shape index (κ2) is 11.8. The number of hydrogen-bond donors (Lipinski definition) is 0. The molecule has 2 aromatic heterocycles. The molecule has 2 heteroatoms. The zero-order chi connectivity index (χ0) is 34.9. The van der Waals surface area contributed by atoms with E-state index in [9.17, 15) is 0 Å². The predicted molar refractivity (Wildman–Crippen MR) is 221 cm³/mol. The van der Waals surface area contributed by atoms with Crippen molar-refractivity contribution in [3.8, 4) is 78.1 Å². The fourth-order valence-corrected chi connectivity index (χ4v) is 8.25. The smallest absolute Gasteiger partial charge is 0.143 e. The Morgan fingerprint density at radius 1 is 0.340 bits per heavy atom. The highest BCUT2D eigenvalue weighted by atomic mass is 16.3. The van der Waals surface area contributed by atoms with Crippen molar-refractivity contribution in [1.82, 2.24) is 4.98 Å². The highest BCUT2D eigenvalue weighted by molar-refractivity contribution is 6.26. The molecule has 0 saturated carbocycles. The third-order valence-corrected chi connectivity index (χ3v) is 10.8. The molecule has 0 unspecified atom stereocenters. The molecule has 0 fully saturated rings. The molecule has 2 nitrogen and oxygen atoms in total. The van der Waals surface area contributed by atoms with E-state index < -0.39 is 0 Å². The second-order valence-electron chi connectivity index (χ2n) is 13.9. The number of benzene rings is 8. The first-order valence-electron chi connectivity index (χ1n) is 18.1. The first kappa shape index (κ1) is 29.7. The average Bonchev–Trinajstić information content (AvgIpc) is 3.78. The fraction of sp³-hybridized carbons (Fsp3) is 0. The van der Waals surface area contributed by atoms with Gasteiger partial charge in [0.2, 0.25) is 0 Å². The van der Waals surface area contributed by atoms with E-state index in [-0.39, 0.29) is 0 Å². The Labute approximate surface area is 307 Å². The molecule has 0 N–H and O–H groups in total. The molecule has 0 aliphatic heterocycles. The summed E-state index contributed by atoms with van der Waals surface area (Å²) in [6.07, 6.45) is 0. The topological polar surface area (TPSA) is 26.0 Å². The highest BCUT2D eigenvalue weighted by Crippen LogP contribution is 2.52. The minimum absolute atomic E-state index is 0.862. The van der Waals surface area contributed by atoms with Gasteiger partial charge in [0.25, 0.3) is 0 Å². The van der Waals surface area contributed by atoms with Gasteiger partial charge in [-0.05, 0) is 97.9 Å². The van der Waals surface area contributed by atoms with Gasteiger partial charge < -0.3 is 4.42 Å². The van der Waals surface area contributed by atoms with Crippen LogP contribution in [0.5, 0.6) is 0 Å². The molecule has 0 amide bonds. The molecule has 0 atom stereocenters. The zero-order valence-corrected chi connectivity index (χ0v) is 28.8.